The quantitative estimate of drug-likeness (QED) is 0.0749. The van der Waals surface area contributed by atoms with Gasteiger partial charge in [-0.1, -0.05) is 57.5 Å². The number of hydrogen-bond donors (Lipinski definition) is 5. The van der Waals surface area contributed by atoms with Crippen LogP contribution in [0.3, 0.4) is 0 Å². The van der Waals surface area contributed by atoms with Gasteiger partial charge in [0.15, 0.2) is 0 Å². The van der Waals surface area contributed by atoms with Crippen molar-refractivity contribution in [2.24, 2.45) is 11.7 Å². The Bertz CT molecular complexity index is 1900. The lowest BCUT2D eigenvalue weighted by molar-refractivity contribution is -0.126. The SMILES string of the molecule is CCC(C)C(=O)NC1(CC)CCN(C2CCc3cc(-c4ccc(F)c(-c5cccc(NC(=O)/C(=C/CN)C(=O)NC)c5C)c4Cl)nc(OC)c32)C1.CCCO. The highest BCUT2D eigenvalue weighted by atomic mass is 35.5. The van der Waals surface area contributed by atoms with Gasteiger partial charge in [-0.05, 0) is 86.4 Å². The van der Waals surface area contributed by atoms with E-state index in [9.17, 15) is 14.4 Å². The van der Waals surface area contributed by atoms with E-state index < -0.39 is 17.6 Å². The summed E-state index contributed by atoms with van der Waals surface area (Å²) in [5, 5.41) is 16.6. The summed E-state index contributed by atoms with van der Waals surface area (Å²) >= 11 is 7.04. The first-order valence-electron chi connectivity index (χ1n) is 19.1. The van der Waals surface area contributed by atoms with Gasteiger partial charge in [0.2, 0.25) is 11.8 Å². The molecule has 1 aliphatic carbocycles. The number of nitrogens with one attached hydrogen (secondary N) is 3. The number of nitrogens with two attached hydrogens (primary N) is 1. The highest BCUT2D eigenvalue weighted by Gasteiger charge is 2.43. The van der Waals surface area contributed by atoms with Crippen LogP contribution in [-0.2, 0) is 20.8 Å². The standard InChI is InChI=1S/C39H48ClFN6O4.C3H8O/c1-7-22(3)35(48)46-39(8-2)17-19-47(21-39)31-15-12-24-20-30(45-38(51-6)32(24)31)26-13-14-28(41)33(34(26)40)25-10-9-11-29(23(25)4)44-37(50)27(16-18-42)36(49)43-5;1-2-3-4/h9-11,13-14,16,20,22,31H,7-8,12,15,17-19,21,42H2,1-6H3,(H,43,49)(H,44,50)(H,46,48);4H,2-3H2,1H3/b27-16+;. The van der Waals surface area contributed by atoms with Crippen LogP contribution in [0, 0.1) is 18.7 Å². The van der Waals surface area contributed by atoms with Crippen LogP contribution in [0.4, 0.5) is 10.1 Å². The minimum absolute atomic E-state index is 0.000945. The molecule has 1 aliphatic heterocycles. The minimum Gasteiger partial charge on any atom is -0.481 e. The summed E-state index contributed by atoms with van der Waals surface area (Å²) in [6.45, 7) is 11.7. The van der Waals surface area contributed by atoms with Gasteiger partial charge in [0.25, 0.3) is 11.8 Å². The second-order valence-corrected chi connectivity index (χ2v) is 14.5. The van der Waals surface area contributed by atoms with Crippen molar-refractivity contribution >= 4 is 35.0 Å². The number of likely N-dealkylation sites (tertiary alicyclic amines) is 1. The van der Waals surface area contributed by atoms with Gasteiger partial charge in [0, 0.05) is 67.6 Å². The van der Waals surface area contributed by atoms with Crippen molar-refractivity contribution in [2.75, 3.05) is 45.7 Å². The summed E-state index contributed by atoms with van der Waals surface area (Å²) in [6.07, 6.45) is 6.44. The van der Waals surface area contributed by atoms with Crippen molar-refractivity contribution in [2.45, 2.75) is 84.7 Å². The molecule has 6 N–H and O–H groups in total. The molecule has 1 fully saturated rings. The molecule has 3 amide bonds. The van der Waals surface area contributed by atoms with Crippen LogP contribution in [0.1, 0.15) is 82.5 Å². The number of aryl methyl sites for hydroxylation is 1. The smallest absolute Gasteiger partial charge is 0.260 e. The molecule has 0 radical (unpaired) electrons. The van der Waals surface area contributed by atoms with E-state index in [2.05, 4.69) is 27.8 Å². The van der Waals surface area contributed by atoms with Gasteiger partial charge in [-0.25, -0.2) is 9.37 Å². The van der Waals surface area contributed by atoms with Gasteiger partial charge in [-0.15, -0.1) is 0 Å². The lowest BCUT2D eigenvalue weighted by Crippen LogP contribution is -2.51. The normalized spacial score (nSPS) is 18.5. The molecule has 13 heteroatoms. The van der Waals surface area contributed by atoms with Crippen LogP contribution in [0.2, 0.25) is 5.02 Å². The van der Waals surface area contributed by atoms with Crippen LogP contribution in [0.25, 0.3) is 22.4 Å². The predicted octanol–water partition coefficient (Wildman–Crippen LogP) is 6.49. The van der Waals surface area contributed by atoms with Gasteiger partial charge in [-0.3, -0.25) is 19.3 Å². The molecule has 2 aromatic carbocycles. The number of pyridine rings is 1. The number of ether oxygens (including phenoxy) is 1. The number of aliphatic hydroxyl groups excluding tert-OH is 1. The Morgan fingerprint density at radius 1 is 1.18 bits per heavy atom. The molecule has 0 bridgehead atoms. The zero-order valence-corrected chi connectivity index (χ0v) is 33.8. The van der Waals surface area contributed by atoms with Crippen LogP contribution in [0.15, 0.2) is 48.0 Å². The fourth-order valence-electron chi connectivity index (χ4n) is 7.23. The summed E-state index contributed by atoms with van der Waals surface area (Å²) in [7, 11) is 3.03. The second kappa shape index (κ2) is 19.5. The summed E-state index contributed by atoms with van der Waals surface area (Å²) < 4.78 is 21.6. The number of benzene rings is 2. The van der Waals surface area contributed by atoms with E-state index in [0.29, 0.717) is 40.6 Å². The number of rotatable bonds is 13. The van der Waals surface area contributed by atoms with Crippen molar-refractivity contribution in [3.8, 4) is 28.3 Å². The molecule has 0 spiro atoms. The number of likely N-dealkylation sites (N-methyl/N-ethyl adjacent to an activating group) is 1. The summed E-state index contributed by atoms with van der Waals surface area (Å²) in [5.74, 6) is -1.17. The minimum atomic E-state index is -0.640. The third-order valence-electron chi connectivity index (χ3n) is 10.8. The lowest BCUT2D eigenvalue weighted by atomic mass is 9.93. The monoisotopic (exact) mass is 778 g/mol. The number of carbonyl (C=O) groups excluding carboxylic acids is 3. The summed E-state index contributed by atoms with van der Waals surface area (Å²) in [6, 6.07) is 10.2. The highest BCUT2D eigenvalue weighted by Crippen LogP contribution is 2.47. The Hall–Kier alpha value is -4.36. The van der Waals surface area contributed by atoms with Crippen molar-refractivity contribution in [3.05, 3.63) is 75.6 Å². The van der Waals surface area contributed by atoms with Gasteiger partial charge >= 0.3 is 0 Å². The number of aliphatic hydroxyl groups is 1. The maximum Gasteiger partial charge on any atom is 0.260 e. The first-order valence-corrected chi connectivity index (χ1v) is 19.5. The third kappa shape index (κ3) is 9.55. The number of amides is 3. The van der Waals surface area contributed by atoms with E-state index in [4.69, 9.17) is 32.2 Å². The number of aromatic nitrogens is 1. The molecule has 2 aliphatic rings. The molecular formula is C42H56ClFN6O5. The molecule has 3 aromatic rings. The van der Waals surface area contributed by atoms with Gasteiger partial charge in [-0.2, -0.15) is 0 Å². The van der Waals surface area contributed by atoms with Gasteiger partial charge < -0.3 is 31.5 Å². The third-order valence-corrected chi connectivity index (χ3v) is 11.1. The van der Waals surface area contributed by atoms with E-state index in [1.54, 1.807) is 38.3 Å². The molecule has 11 nitrogen and oxygen atoms in total. The number of fused-ring (bicyclic) bond motifs is 1. The molecule has 0 saturated carbocycles. The molecule has 1 saturated heterocycles. The summed E-state index contributed by atoms with van der Waals surface area (Å²) in [5.41, 5.74) is 10.0. The second-order valence-electron chi connectivity index (χ2n) is 14.2. The average Bonchev–Trinajstić information content (AvgIpc) is 3.82. The molecule has 298 valence electrons. The van der Waals surface area contributed by atoms with E-state index in [1.165, 1.54) is 19.2 Å². The zero-order valence-electron chi connectivity index (χ0n) is 33.1. The van der Waals surface area contributed by atoms with E-state index >= 15 is 4.39 Å². The Kier molecular flexibility index (Phi) is 15.4. The summed E-state index contributed by atoms with van der Waals surface area (Å²) in [4.78, 5) is 45.6. The van der Waals surface area contributed by atoms with Gasteiger partial charge in [0.05, 0.1) is 23.4 Å². The van der Waals surface area contributed by atoms with Crippen LogP contribution in [0.5, 0.6) is 5.88 Å². The molecule has 3 atom stereocenters. The Labute approximate surface area is 329 Å². The maximum atomic E-state index is 15.7. The van der Waals surface area contributed by atoms with Crippen LogP contribution in [-0.4, -0.2) is 78.6 Å². The Balaban J connectivity index is 0.00000160. The fourth-order valence-corrected chi connectivity index (χ4v) is 7.58. The van der Waals surface area contributed by atoms with Crippen molar-refractivity contribution in [1.29, 1.82) is 0 Å². The van der Waals surface area contributed by atoms with E-state index in [1.807, 2.05) is 26.8 Å². The van der Waals surface area contributed by atoms with E-state index in [0.717, 1.165) is 62.7 Å². The Morgan fingerprint density at radius 3 is 2.53 bits per heavy atom. The molecular weight excluding hydrogens is 723 g/mol. The van der Waals surface area contributed by atoms with Crippen molar-refractivity contribution < 1.29 is 28.6 Å². The molecule has 3 unspecified atom stereocenters. The maximum absolute atomic E-state index is 15.7. The number of hydrogen-bond acceptors (Lipinski definition) is 8. The Morgan fingerprint density at radius 2 is 1.91 bits per heavy atom. The zero-order chi connectivity index (χ0) is 40.4. The number of halogens is 2. The number of methoxy groups -OCH3 is 1. The van der Waals surface area contributed by atoms with Gasteiger partial charge in [0.1, 0.15) is 11.4 Å². The van der Waals surface area contributed by atoms with Crippen LogP contribution >= 0.6 is 11.6 Å². The molecule has 55 heavy (non-hydrogen) atoms. The lowest BCUT2D eigenvalue weighted by Gasteiger charge is -2.32. The largest absolute Gasteiger partial charge is 0.481 e. The predicted molar refractivity (Wildman–Crippen MR) is 216 cm³/mol. The number of anilines is 1. The number of nitrogens with zero attached hydrogens (tertiary/aromatic N) is 2. The molecule has 1 aromatic heterocycles. The first-order chi connectivity index (χ1) is 26.3. The first kappa shape index (κ1) is 43.4. The number of carbonyl (C=O) groups is 3. The highest BCUT2D eigenvalue weighted by molar-refractivity contribution is 6.36. The van der Waals surface area contributed by atoms with Crippen LogP contribution < -0.4 is 26.4 Å². The fraction of sp³-hybridized carbons (Fsp3) is 0.476. The topological polar surface area (TPSA) is 159 Å². The van der Waals surface area contributed by atoms with Crippen molar-refractivity contribution in [3.63, 3.8) is 0 Å². The van der Waals surface area contributed by atoms with E-state index in [-0.39, 0.29) is 46.1 Å². The average molecular weight is 779 g/mol. The van der Waals surface area contributed by atoms with Crippen molar-refractivity contribution in [1.82, 2.24) is 20.5 Å². The molecule has 5 rings (SSSR count). The molecule has 2 heterocycles.